The standard InChI is InChI=1S/C19H34N6.HI/c1-5-24-10-6-7-17(24)12-21-19(20-4)22-16-9-8-15-13-25(14(2)3)23-18(15)11-16;/h13-14,16-17H,5-12H2,1-4H3,(H2,20,21,22);1H. The van der Waals surface area contributed by atoms with Crippen molar-refractivity contribution in [1.29, 1.82) is 0 Å². The quantitative estimate of drug-likeness (QED) is 0.392. The number of nitrogens with zero attached hydrogens (tertiary/aromatic N) is 4. The molecule has 2 N–H and O–H groups in total. The average Bonchev–Trinajstić information content (AvgIpc) is 3.24. The SMILES string of the molecule is CCN1CCCC1CNC(=NC)NC1CCc2cn(C(C)C)nc2C1.I. The number of likely N-dealkylation sites (N-methyl/N-ethyl adjacent to an activating group) is 1. The van der Waals surface area contributed by atoms with Crippen molar-refractivity contribution in [2.45, 2.75) is 71.0 Å². The smallest absolute Gasteiger partial charge is 0.191 e. The lowest BCUT2D eigenvalue weighted by molar-refractivity contribution is 0.266. The van der Waals surface area contributed by atoms with Crippen molar-refractivity contribution < 1.29 is 0 Å². The second-order valence-corrected chi connectivity index (χ2v) is 7.64. The molecule has 2 heterocycles. The predicted octanol–water partition coefficient (Wildman–Crippen LogP) is 2.59. The van der Waals surface area contributed by atoms with Crippen molar-refractivity contribution in [3.05, 3.63) is 17.5 Å². The van der Waals surface area contributed by atoms with Gasteiger partial charge in [0.15, 0.2) is 5.96 Å². The van der Waals surface area contributed by atoms with E-state index in [0.29, 0.717) is 18.1 Å². The monoisotopic (exact) mass is 474 g/mol. The number of hydrogen-bond acceptors (Lipinski definition) is 3. The molecule has 3 rings (SSSR count). The summed E-state index contributed by atoms with van der Waals surface area (Å²) in [5, 5.41) is 11.9. The summed E-state index contributed by atoms with van der Waals surface area (Å²) in [7, 11) is 1.86. The maximum absolute atomic E-state index is 4.77. The Morgan fingerprint density at radius 2 is 2.19 bits per heavy atom. The van der Waals surface area contributed by atoms with Crippen molar-refractivity contribution >= 4 is 29.9 Å². The Hall–Kier alpha value is -0.830. The Balaban J connectivity index is 0.00000243. The first-order valence-electron chi connectivity index (χ1n) is 9.88. The summed E-state index contributed by atoms with van der Waals surface area (Å²) in [5.74, 6) is 0.930. The Morgan fingerprint density at radius 1 is 1.38 bits per heavy atom. The Labute approximate surface area is 175 Å². The fraction of sp³-hybridized carbons (Fsp3) is 0.789. The minimum absolute atomic E-state index is 0. The van der Waals surface area contributed by atoms with Gasteiger partial charge in [-0.15, -0.1) is 24.0 Å². The molecular formula is C19H35IN6. The van der Waals surface area contributed by atoms with E-state index >= 15 is 0 Å². The van der Waals surface area contributed by atoms with Gasteiger partial charge in [-0.05, 0) is 58.2 Å². The van der Waals surface area contributed by atoms with Gasteiger partial charge in [-0.25, -0.2) is 0 Å². The maximum Gasteiger partial charge on any atom is 0.191 e. The number of hydrogen-bond donors (Lipinski definition) is 2. The highest BCUT2D eigenvalue weighted by Gasteiger charge is 2.25. The Kier molecular flexibility index (Phi) is 8.19. The number of likely N-dealkylation sites (tertiary alicyclic amines) is 1. The van der Waals surface area contributed by atoms with E-state index in [9.17, 15) is 0 Å². The normalized spacial score (nSPS) is 23.7. The van der Waals surface area contributed by atoms with Gasteiger partial charge in [0.25, 0.3) is 0 Å². The van der Waals surface area contributed by atoms with E-state index in [2.05, 4.69) is 52.2 Å². The molecule has 1 saturated heterocycles. The first-order valence-corrected chi connectivity index (χ1v) is 9.88. The van der Waals surface area contributed by atoms with Gasteiger partial charge in [0.1, 0.15) is 0 Å². The third-order valence-electron chi connectivity index (χ3n) is 5.60. The molecule has 148 valence electrons. The topological polar surface area (TPSA) is 57.5 Å². The van der Waals surface area contributed by atoms with Crippen LogP contribution in [-0.4, -0.2) is 59.4 Å². The van der Waals surface area contributed by atoms with Gasteiger partial charge in [-0.3, -0.25) is 14.6 Å². The molecule has 6 nitrogen and oxygen atoms in total. The highest BCUT2D eigenvalue weighted by Crippen LogP contribution is 2.22. The second kappa shape index (κ2) is 9.92. The van der Waals surface area contributed by atoms with Crippen molar-refractivity contribution in [1.82, 2.24) is 25.3 Å². The van der Waals surface area contributed by atoms with Crippen LogP contribution in [0.1, 0.15) is 57.3 Å². The number of rotatable bonds is 5. The average molecular weight is 474 g/mol. The lowest BCUT2D eigenvalue weighted by Gasteiger charge is -2.27. The van der Waals surface area contributed by atoms with Crippen LogP contribution in [0.4, 0.5) is 0 Å². The molecule has 2 unspecified atom stereocenters. The Morgan fingerprint density at radius 3 is 2.88 bits per heavy atom. The van der Waals surface area contributed by atoms with Gasteiger partial charge in [0.2, 0.25) is 0 Å². The zero-order valence-corrected chi connectivity index (χ0v) is 19.0. The summed E-state index contributed by atoms with van der Waals surface area (Å²) in [5.41, 5.74) is 2.67. The Bertz CT molecular complexity index is 597. The predicted molar refractivity (Wildman–Crippen MR) is 119 cm³/mol. The highest BCUT2D eigenvalue weighted by atomic mass is 127. The van der Waals surface area contributed by atoms with Gasteiger partial charge in [0.05, 0.1) is 5.69 Å². The summed E-state index contributed by atoms with van der Waals surface area (Å²) < 4.78 is 2.10. The minimum Gasteiger partial charge on any atom is -0.355 e. The number of fused-ring (bicyclic) bond motifs is 1. The lowest BCUT2D eigenvalue weighted by Crippen LogP contribution is -2.49. The minimum atomic E-state index is 0. The number of aliphatic imine (C=N–C) groups is 1. The number of nitrogens with one attached hydrogen (secondary N) is 2. The van der Waals surface area contributed by atoms with Crippen LogP contribution in [0.15, 0.2) is 11.2 Å². The van der Waals surface area contributed by atoms with Crippen molar-refractivity contribution in [3.63, 3.8) is 0 Å². The second-order valence-electron chi connectivity index (χ2n) is 7.64. The molecule has 2 aliphatic rings. The van der Waals surface area contributed by atoms with Crippen LogP contribution in [0, 0.1) is 0 Å². The first kappa shape index (κ1) is 21.5. The molecule has 0 amide bonds. The van der Waals surface area contributed by atoms with Gasteiger partial charge in [0, 0.05) is 44.3 Å². The van der Waals surface area contributed by atoms with Gasteiger partial charge < -0.3 is 10.6 Å². The zero-order valence-electron chi connectivity index (χ0n) is 16.7. The van der Waals surface area contributed by atoms with Gasteiger partial charge in [-0.2, -0.15) is 5.10 Å². The number of halogens is 1. The van der Waals surface area contributed by atoms with Crippen molar-refractivity contribution in [3.8, 4) is 0 Å². The number of guanidine groups is 1. The number of aromatic nitrogens is 2. The molecule has 1 aromatic rings. The molecule has 7 heteroatoms. The maximum atomic E-state index is 4.77. The molecule has 26 heavy (non-hydrogen) atoms. The lowest BCUT2D eigenvalue weighted by atomic mass is 9.94. The van der Waals surface area contributed by atoms with E-state index in [-0.39, 0.29) is 24.0 Å². The van der Waals surface area contributed by atoms with E-state index < -0.39 is 0 Å². The molecule has 1 aliphatic heterocycles. The van der Waals surface area contributed by atoms with E-state index in [4.69, 9.17) is 5.10 Å². The van der Waals surface area contributed by atoms with Gasteiger partial charge in [-0.1, -0.05) is 6.92 Å². The van der Waals surface area contributed by atoms with E-state index in [1.807, 2.05) is 7.05 Å². The van der Waals surface area contributed by atoms with Crippen molar-refractivity contribution in [2.75, 3.05) is 26.7 Å². The summed E-state index contributed by atoms with van der Waals surface area (Å²) >= 11 is 0. The van der Waals surface area contributed by atoms with Crippen molar-refractivity contribution in [2.24, 2.45) is 4.99 Å². The van der Waals surface area contributed by atoms with E-state index in [1.54, 1.807) is 0 Å². The fourth-order valence-corrected chi connectivity index (χ4v) is 4.05. The van der Waals surface area contributed by atoms with E-state index in [1.165, 1.54) is 30.6 Å². The zero-order chi connectivity index (χ0) is 17.8. The van der Waals surface area contributed by atoms with Crippen LogP contribution >= 0.6 is 24.0 Å². The van der Waals surface area contributed by atoms with Crippen LogP contribution < -0.4 is 10.6 Å². The molecule has 0 aromatic carbocycles. The summed E-state index contributed by atoms with van der Waals surface area (Å²) in [6.45, 7) is 9.97. The van der Waals surface area contributed by atoms with Crippen LogP contribution in [-0.2, 0) is 12.8 Å². The third-order valence-corrected chi connectivity index (χ3v) is 5.60. The molecule has 0 radical (unpaired) electrons. The molecule has 1 aliphatic carbocycles. The highest BCUT2D eigenvalue weighted by molar-refractivity contribution is 14.0. The largest absolute Gasteiger partial charge is 0.355 e. The summed E-state index contributed by atoms with van der Waals surface area (Å²) in [4.78, 5) is 6.99. The summed E-state index contributed by atoms with van der Waals surface area (Å²) in [6, 6.07) is 1.49. The molecule has 0 saturated carbocycles. The molecule has 0 spiro atoms. The summed E-state index contributed by atoms with van der Waals surface area (Å²) in [6.07, 6.45) is 8.06. The van der Waals surface area contributed by atoms with E-state index in [0.717, 1.165) is 38.3 Å². The van der Waals surface area contributed by atoms with Gasteiger partial charge >= 0.3 is 0 Å². The molecular weight excluding hydrogens is 439 g/mol. The molecule has 2 atom stereocenters. The fourth-order valence-electron chi connectivity index (χ4n) is 4.05. The van der Waals surface area contributed by atoms with Crippen LogP contribution in [0.5, 0.6) is 0 Å². The van der Waals surface area contributed by atoms with Crippen LogP contribution in [0.3, 0.4) is 0 Å². The number of aryl methyl sites for hydroxylation is 1. The van der Waals surface area contributed by atoms with Crippen LogP contribution in [0.2, 0.25) is 0 Å². The van der Waals surface area contributed by atoms with Crippen LogP contribution in [0.25, 0.3) is 0 Å². The first-order chi connectivity index (χ1) is 12.1. The third kappa shape index (κ3) is 5.12. The molecule has 1 fully saturated rings. The molecule has 1 aromatic heterocycles. The molecule has 0 bridgehead atoms.